The number of hydrogen-bond donors (Lipinski definition) is 0. The molecular weight excluding hydrogens is 396 g/mol. The molecule has 1 amide bonds. The van der Waals surface area contributed by atoms with Crippen molar-refractivity contribution in [1.29, 1.82) is 0 Å². The SMILES string of the molecule is O=C(c1ccc(-c2cccs2)cc1)N1CCN(c2cc(-n3ccnc3)ncn2)CC1. The summed E-state index contributed by atoms with van der Waals surface area (Å²) in [5.74, 6) is 1.72. The van der Waals surface area contributed by atoms with Gasteiger partial charge in [0.05, 0.1) is 0 Å². The quantitative estimate of drug-likeness (QED) is 0.510. The lowest BCUT2D eigenvalue weighted by atomic mass is 10.1. The van der Waals surface area contributed by atoms with Crippen molar-refractivity contribution in [3.05, 3.63) is 78.5 Å². The summed E-state index contributed by atoms with van der Waals surface area (Å²) >= 11 is 1.70. The molecule has 1 saturated heterocycles. The number of amides is 1. The fraction of sp³-hybridized carbons (Fsp3) is 0.182. The van der Waals surface area contributed by atoms with Crippen LogP contribution < -0.4 is 4.90 Å². The van der Waals surface area contributed by atoms with Gasteiger partial charge in [0, 0.05) is 55.1 Å². The Kier molecular flexibility index (Phi) is 4.98. The van der Waals surface area contributed by atoms with Crippen LogP contribution in [-0.4, -0.2) is 56.5 Å². The van der Waals surface area contributed by atoms with Gasteiger partial charge >= 0.3 is 0 Å². The van der Waals surface area contributed by atoms with E-state index in [0.717, 1.165) is 35.9 Å². The number of aromatic nitrogens is 4. The number of rotatable bonds is 4. The zero-order valence-corrected chi connectivity index (χ0v) is 17.1. The number of hydrogen-bond acceptors (Lipinski definition) is 6. The van der Waals surface area contributed by atoms with E-state index >= 15 is 0 Å². The third kappa shape index (κ3) is 3.69. The van der Waals surface area contributed by atoms with Crippen molar-refractivity contribution in [2.24, 2.45) is 0 Å². The lowest BCUT2D eigenvalue weighted by Gasteiger charge is -2.35. The van der Waals surface area contributed by atoms with E-state index < -0.39 is 0 Å². The van der Waals surface area contributed by atoms with E-state index in [1.807, 2.05) is 52.1 Å². The summed E-state index contributed by atoms with van der Waals surface area (Å²) in [6, 6.07) is 14.0. The van der Waals surface area contributed by atoms with E-state index in [-0.39, 0.29) is 5.91 Å². The zero-order chi connectivity index (χ0) is 20.3. The normalized spacial score (nSPS) is 14.1. The minimum absolute atomic E-state index is 0.0779. The number of carbonyl (C=O) groups excluding carboxylic acids is 1. The van der Waals surface area contributed by atoms with Gasteiger partial charge in [0.25, 0.3) is 5.91 Å². The maximum atomic E-state index is 12.9. The zero-order valence-electron chi connectivity index (χ0n) is 16.3. The molecule has 0 spiro atoms. The minimum atomic E-state index is 0.0779. The molecule has 1 aliphatic heterocycles. The van der Waals surface area contributed by atoms with Gasteiger partial charge in [-0.2, -0.15) is 0 Å². The van der Waals surface area contributed by atoms with Crippen LogP contribution in [-0.2, 0) is 0 Å². The first-order valence-electron chi connectivity index (χ1n) is 9.76. The summed E-state index contributed by atoms with van der Waals surface area (Å²) in [4.78, 5) is 31.0. The first kappa shape index (κ1) is 18.5. The van der Waals surface area contributed by atoms with Crippen molar-refractivity contribution >= 4 is 23.1 Å². The molecule has 0 atom stereocenters. The third-order valence-electron chi connectivity index (χ3n) is 5.24. The van der Waals surface area contributed by atoms with E-state index in [0.29, 0.717) is 13.1 Å². The fourth-order valence-corrected chi connectivity index (χ4v) is 4.32. The van der Waals surface area contributed by atoms with Crippen LogP contribution in [0.5, 0.6) is 0 Å². The Morgan fingerprint density at radius 2 is 1.77 bits per heavy atom. The van der Waals surface area contributed by atoms with Crippen molar-refractivity contribution in [2.45, 2.75) is 0 Å². The number of imidazole rings is 1. The monoisotopic (exact) mass is 416 g/mol. The van der Waals surface area contributed by atoms with Crippen molar-refractivity contribution < 1.29 is 4.79 Å². The van der Waals surface area contributed by atoms with Gasteiger partial charge in [0.1, 0.15) is 24.3 Å². The van der Waals surface area contributed by atoms with Crippen molar-refractivity contribution in [1.82, 2.24) is 24.4 Å². The Labute approximate surface area is 178 Å². The van der Waals surface area contributed by atoms with Gasteiger partial charge in [0.2, 0.25) is 0 Å². The molecule has 0 unspecified atom stereocenters. The molecule has 4 heterocycles. The predicted octanol–water partition coefficient (Wildman–Crippen LogP) is 3.35. The van der Waals surface area contributed by atoms with Crippen molar-refractivity contribution in [3.63, 3.8) is 0 Å². The van der Waals surface area contributed by atoms with Gasteiger partial charge in [-0.15, -0.1) is 11.3 Å². The lowest BCUT2D eigenvalue weighted by molar-refractivity contribution is 0.0746. The second-order valence-electron chi connectivity index (χ2n) is 7.04. The first-order chi connectivity index (χ1) is 14.8. The highest BCUT2D eigenvalue weighted by atomic mass is 32.1. The van der Waals surface area contributed by atoms with Crippen LogP contribution in [0.1, 0.15) is 10.4 Å². The molecule has 1 aromatic carbocycles. The van der Waals surface area contributed by atoms with Gasteiger partial charge in [-0.3, -0.25) is 9.36 Å². The number of thiophene rings is 1. The van der Waals surface area contributed by atoms with E-state index in [4.69, 9.17) is 0 Å². The third-order valence-corrected chi connectivity index (χ3v) is 6.15. The summed E-state index contributed by atoms with van der Waals surface area (Å²) in [6.07, 6.45) is 6.86. The Bertz CT molecular complexity index is 1120. The highest BCUT2D eigenvalue weighted by molar-refractivity contribution is 7.13. The van der Waals surface area contributed by atoms with Crippen LogP contribution in [0.3, 0.4) is 0 Å². The highest BCUT2D eigenvalue weighted by Crippen LogP contribution is 2.25. The van der Waals surface area contributed by atoms with Gasteiger partial charge in [0.15, 0.2) is 0 Å². The molecule has 0 aliphatic carbocycles. The molecule has 150 valence electrons. The number of piperazine rings is 1. The minimum Gasteiger partial charge on any atom is -0.353 e. The van der Waals surface area contributed by atoms with Crippen LogP contribution in [0, 0.1) is 0 Å². The largest absolute Gasteiger partial charge is 0.353 e. The van der Waals surface area contributed by atoms with Gasteiger partial charge in [-0.25, -0.2) is 15.0 Å². The van der Waals surface area contributed by atoms with Crippen LogP contribution in [0.2, 0.25) is 0 Å². The second kappa shape index (κ2) is 8.08. The number of anilines is 1. The fourth-order valence-electron chi connectivity index (χ4n) is 3.59. The van der Waals surface area contributed by atoms with Crippen molar-refractivity contribution in [2.75, 3.05) is 31.1 Å². The molecule has 3 aromatic heterocycles. The maximum absolute atomic E-state index is 12.9. The molecular formula is C22H20N6OS. The average molecular weight is 417 g/mol. The number of nitrogens with zero attached hydrogens (tertiary/aromatic N) is 6. The van der Waals surface area contributed by atoms with Crippen LogP contribution >= 0.6 is 11.3 Å². The second-order valence-corrected chi connectivity index (χ2v) is 7.99. The molecule has 0 radical (unpaired) electrons. The Morgan fingerprint density at radius 3 is 2.47 bits per heavy atom. The van der Waals surface area contributed by atoms with Crippen molar-refractivity contribution in [3.8, 4) is 16.3 Å². The smallest absolute Gasteiger partial charge is 0.253 e. The summed E-state index contributed by atoms with van der Waals surface area (Å²) in [7, 11) is 0. The Morgan fingerprint density at radius 1 is 0.967 bits per heavy atom. The lowest BCUT2D eigenvalue weighted by Crippen LogP contribution is -2.49. The Balaban J connectivity index is 1.24. The molecule has 5 rings (SSSR count). The average Bonchev–Trinajstić information content (AvgIpc) is 3.54. The molecule has 0 N–H and O–H groups in total. The predicted molar refractivity (Wildman–Crippen MR) is 117 cm³/mol. The maximum Gasteiger partial charge on any atom is 0.253 e. The standard InChI is InChI=1S/C22H20N6OS/c29-22(18-5-3-17(4-6-18)19-2-1-13-30-19)27-11-9-26(10-12-27)20-14-21(25-15-24-20)28-8-7-23-16-28/h1-8,13-16H,9-12H2. The van der Waals surface area contributed by atoms with E-state index in [1.165, 1.54) is 4.88 Å². The first-order valence-corrected chi connectivity index (χ1v) is 10.6. The molecule has 4 aromatic rings. The van der Waals surface area contributed by atoms with Gasteiger partial charge < -0.3 is 9.80 Å². The summed E-state index contributed by atoms with van der Waals surface area (Å²) in [5.41, 5.74) is 1.87. The molecule has 30 heavy (non-hydrogen) atoms. The van der Waals surface area contributed by atoms with E-state index in [2.05, 4.69) is 31.3 Å². The molecule has 0 bridgehead atoms. The topological polar surface area (TPSA) is 67.2 Å². The summed E-state index contributed by atoms with van der Waals surface area (Å²) in [6.45, 7) is 2.80. The summed E-state index contributed by atoms with van der Waals surface area (Å²) < 4.78 is 1.85. The molecule has 1 fully saturated rings. The van der Waals surface area contributed by atoms with Crippen LogP contribution in [0.25, 0.3) is 16.3 Å². The number of benzene rings is 1. The van der Waals surface area contributed by atoms with Gasteiger partial charge in [-0.1, -0.05) is 18.2 Å². The molecule has 1 aliphatic rings. The van der Waals surface area contributed by atoms with E-state index in [1.54, 1.807) is 30.2 Å². The molecule has 7 nitrogen and oxygen atoms in total. The molecule has 0 saturated carbocycles. The highest BCUT2D eigenvalue weighted by Gasteiger charge is 2.23. The van der Waals surface area contributed by atoms with E-state index in [9.17, 15) is 4.79 Å². The Hall–Kier alpha value is -3.52. The molecule has 8 heteroatoms. The summed E-state index contributed by atoms with van der Waals surface area (Å²) in [5, 5.41) is 2.06. The van der Waals surface area contributed by atoms with Crippen LogP contribution in [0.4, 0.5) is 5.82 Å². The van der Waals surface area contributed by atoms with Crippen LogP contribution in [0.15, 0.2) is 72.9 Å². The van der Waals surface area contributed by atoms with Gasteiger partial charge in [-0.05, 0) is 29.1 Å². The number of carbonyl (C=O) groups is 1.